The summed E-state index contributed by atoms with van der Waals surface area (Å²) in [4.78, 5) is 35.1. The number of benzene rings is 1. The second kappa shape index (κ2) is 9.56. The molecule has 0 aliphatic rings. The molecule has 0 fully saturated rings. The van der Waals surface area contributed by atoms with Gasteiger partial charge in [-0.05, 0) is 38.0 Å². The summed E-state index contributed by atoms with van der Waals surface area (Å²) in [5, 5.41) is 14.2. The largest absolute Gasteiger partial charge is 0.480 e. The molecule has 7 heteroatoms. The van der Waals surface area contributed by atoms with Gasteiger partial charge in [0.2, 0.25) is 11.8 Å². The average Bonchev–Trinajstić information content (AvgIpc) is 2.51. The van der Waals surface area contributed by atoms with E-state index < -0.39 is 35.7 Å². The van der Waals surface area contributed by atoms with Crippen molar-refractivity contribution in [3.05, 3.63) is 47.3 Å². The normalized spacial score (nSPS) is 12.6. The van der Waals surface area contributed by atoms with Crippen LogP contribution in [0, 0.1) is 5.82 Å². The molecule has 3 N–H and O–H groups in total. The van der Waals surface area contributed by atoms with Crippen LogP contribution in [0.2, 0.25) is 0 Å². The SMILES string of the molecule is CC(=O)N[C@H](Cc1ccc(F)cc1)C(=O)N[C@H](CC=C(C)C)C(=O)O. The summed E-state index contributed by atoms with van der Waals surface area (Å²) >= 11 is 0. The number of hydrogen-bond donors (Lipinski definition) is 3. The first kappa shape index (κ1) is 20.3. The van der Waals surface area contributed by atoms with E-state index in [1.165, 1.54) is 31.2 Å². The van der Waals surface area contributed by atoms with Crippen LogP contribution in [0.5, 0.6) is 0 Å². The van der Waals surface area contributed by atoms with Gasteiger partial charge in [-0.3, -0.25) is 9.59 Å². The summed E-state index contributed by atoms with van der Waals surface area (Å²) < 4.78 is 13.0. The minimum absolute atomic E-state index is 0.126. The molecular weight excluding hydrogens is 327 g/mol. The third-order valence-corrected chi connectivity index (χ3v) is 3.42. The summed E-state index contributed by atoms with van der Waals surface area (Å²) in [5.74, 6) is -2.58. The summed E-state index contributed by atoms with van der Waals surface area (Å²) in [6, 6.07) is 3.49. The Hall–Kier alpha value is -2.70. The minimum atomic E-state index is -1.16. The summed E-state index contributed by atoms with van der Waals surface area (Å²) in [5.41, 5.74) is 1.58. The van der Waals surface area contributed by atoms with Crippen LogP contribution < -0.4 is 10.6 Å². The molecule has 6 nitrogen and oxygen atoms in total. The molecule has 0 spiro atoms. The molecule has 1 rings (SSSR count). The molecule has 0 saturated heterocycles. The quantitative estimate of drug-likeness (QED) is 0.623. The van der Waals surface area contributed by atoms with Gasteiger partial charge in [0.15, 0.2) is 0 Å². The van der Waals surface area contributed by atoms with Gasteiger partial charge in [0.1, 0.15) is 17.9 Å². The molecular formula is C18H23FN2O4. The third kappa shape index (κ3) is 7.60. The highest BCUT2D eigenvalue weighted by atomic mass is 19.1. The molecule has 2 atom stereocenters. The van der Waals surface area contributed by atoms with E-state index in [2.05, 4.69) is 10.6 Å². The molecule has 0 bridgehead atoms. The molecule has 2 amide bonds. The lowest BCUT2D eigenvalue weighted by atomic mass is 10.0. The first-order chi connectivity index (χ1) is 11.7. The zero-order valence-corrected chi connectivity index (χ0v) is 14.5. The maximum atomic E-state index is 13.0. The van der Waals surface area contributed by atoms with Crippen molar-refractivity contribution in [2.24, 2.45) is 0 Å². The van der Waals surface area contributed by atoms with Crippen molar-refractivity contribution in [2.45, 2.75) is 45.7 Å². The van der Waals surface area contributed by atoms with Gasteiger partial charge >= 0.3 is 5.97 Å². The van der Waals surface area contributed by atoms with Crippen molar-refractivity contribution in [2.75, 3.05) is 0 Å². The van der Waals surface area contributed by atoms with Gasteiger partial charge < -0.3 is 15.7 Å². The van der Waals surface area contributed by atoms with Crippen LogP contribution >= 0.6 is 0 Å². The molecule has 1 aromatic carbocycles. The highest BCUT2D eigenvalue weighted by Crippen LogP contribution is 2.07. The highest BCUT2D eigenvalue weighted by Gasteiger charge is 2.25. The molecule has 136 valence electrons. The number of rotatable bonds is 8. The fourth-order valence-electron chi connectivity index (χ4n) is 2.16. The fourth-order valence-corrected chi connectivity index (χ4v) is 2.16. The Kier molecular flexibility index (Phi) is 7.78. The Morgan fingerprint density at radius 3 is 2.16 bits per heavy atom. The van der Waals surface area contributed by atoms with Gasteiger partial charge in [0, 0.05) is 13.3 Å². The topological polar surface area (TPSA) is 95.5 Å². The number of amides is 2. The number of carboxylic acids is 1. The zero-order chi connectivity index (χ0) is 19.0. The molecule has 0 radical (unpaired) electrons. The van der Waals surface area contributed by atoms with Gasteiger partial charge in [0.05, 0.1) is 0 Å². The van der Waals surface area contributed by atoms with Crippen LogP contribution in [0.1, 0.15) is 32.8 Å². The summed E-state index contributed by atoms with van der Waals surface area (Å²) in [6.45, 7) is 4.92. The van der Waals surface area contributed by atoms with Crippen molar-refractivity contribution < 1.29 is 23.9 Å². The predicted octanol–water partition coefficient (Wildman–Crippen LogP) is 1.80. The van der Waals surface area contributed by atoms with E-state index in [-0.39, 0.29) is 12.8 Å². The Labute approximate surface area is 146 Å². The second-order valence-electron chi connectivity index (χ2n) is 6.00. The lowest BCUT2D eigenvalue weighted by Crippen LogP contribution is -2.52. The molecule has 0 heterocycles. The van der Waals surface area contributed by atoms with Gasteiger partial charge in [-0.15, -0.1) is 0 Å². The summed E-state index contributed by atoms with van der Waals surface area (Å²) in [7, 11) is 0. The Morgan fingerprint density at radius 1 is 1.08 bits per heavy atom. The van der Waals surface area contributed by atoms with E-state index in [4.69, 9.17) is 0 Å². The molecule has 0 aliphatic heterocycles. The van der Waals surface area contributed by atoms with Gasteiger partial charge in [-0.25, -0.2) is 9.18 Å². The van der Waals surface area contributed by atoms with Crippen LogP contribution in [0.3, 0.4) is 0 Å². The smallest absolute Gasteiger partial charge is 0.326 e. The molecule has 1 aromatic rings. The molecule has 0 aliphatic carbocycles. The number of aliphatic carboxylic acids is 1. The number of hydrogen-bond acceptors (Lipinski definition) is 3. The number of halogens is 1. The van der Waals surface area contributed by atoms with Crippen LogP contribution in [0.15, 0.2) is 35.9 Å². The van der Waals surface area contributed by atoms with E-state index in [0.717, 1.165) is 5.57 Å². The number of nitrogens with one attached hydrogen (secondary N) is 2. The fraction of sp³-hybridized carbons (Fsp3) is 0.389. The van der Waals surface area contributed by atoms with Gasteiger partial charge in [-0.1, -0.05) is 23.8 Å². The molecule has 0 aromatic heterocycles. The van der Waals surface area contributed by atoms with Crippen molar-refractivity contribution in [1.82, 2.24) is 10.6 Å². The second-order valence-corrected chi connectivity index (χ2v) is 6.00. The first-order valence-corrected chi connectivity index (χ1v) is 7.87. The number of carbonyl (C=O) groups excluding carboxylic acids is 2. The van der Waals surface area contributed by atoms with Crippen LogP contribution in [-0.2, 0) is 20.8 Å². The van der Waals surface area contributed by atoms with Crippen molar-refractivity contribution in [1.29, 1.82) is 0 Å². The predicted molar refractivity (Wildman–Crippen MR) is 91.3 cm³/mol. The van der Waals surface area contributed by atoms with Crippen LogP contribution in [0.4, 0.5) is 4.39 Å². The van der Waals surface area contributed by atoms with Crippen molar-refractivity contribution in [3.8, 4) is 0 Å². The van der Waals surface area contributed by atoms with Crippen molar-refractivity contribution >= 4 is 17.8 Å². The maximum absolute atomic E-state index is 13.0. The average molecular weight is 350 g/mol. The van der Waals surface area contributed by atoms with Crippen LogP contribution in [-0.4, -0.2) is 35.0 Å². The molecule has 25 heavy (non-hydrogen) atoms. The number of carbonyl (C=O) groups is 3. The van der Waals surface area contributed by atoms with Gasteiger partial charge in [0.25, 0.3) is 0 Å². The Bertz CT molecular complexity index is 652. The number of carboxylic acid groups (broad SMARTS) is 1. The minimum Gasteiger partial charge on any atom is -0.480 e. The zero-order valence-electron chi connectivity index (χ0n) is 14.5. The molecule has 0 saturated carbocycles. The lowest BCUT2D eigenvalue weighted by molar-refractivity contribution is -0.142. The van der Waals surface area contributed by atoms with Gasteiger partial charge in [-0.2, -0.15) is 0 Å². The highest BCUT2D eigenvalue weighted by molar-refractivity contribution is 5.90. The first-order valence-electron chi connectivity index (χ1n) is 7.87. The Balaban J connectivity index is 2.87. The Morgan fingerprint density at radius 2 is 1.68 bits per heavy atom. The lowest BCUT2D eigenvalue weighted by Gasteiger charge is -2.20. The summed E-state index contributed by atoms with van der Waals surface area (Å²) in [6.07, 6.45) is 1.99. The standard InChI is InChI=1S/C18H23FN2O4/c1-11(2)4-9-15(18(24)25)21-17(23)16(20-12(3)22)10-13-5-7-14(19)8-6-13/h4-8,15-16H,9-10H2,1-3H3,(H,20,22)(H,21,23)(H,24,25)/t15-,16-/m1/s1. The van der Waals surface area contributed by atoms with Crippen molar-refractivity contribution in [3.63, 3.8) is 0 Å². The van der Waals surface area contributed by atoms with E-state index >= 15 is 0 Å². The number of allylic oxidation sites excluding steroid dienone is 1. The van der Waals surface area contributed by atoms with E-state index in [1.54, 1.807) is 6.08 Å². The van der Waals surface area contributed by atoms with E-state index in [1.807, 2.05) is 13.8 Å². The molecule has 0 unspecified atom stereocenters. The monoisotopic (exact) mass is 350 g/mol. The van der Waals surface area contributed by atoms with E-state index in [9.17, 15) is 23.9 Å². The third-order valence-electron chi connectivity index (χ3n) is 3.42. The van der Waals surface area contributed by atoms with E-state index in [0.29, 0.717) is 5.56 Å². The maximum Gasteiger partial charge on any atom is 0.326 e. The van der Waals surface area contributed by atoms with Crippen LogP contribution in [0.25, 0.3) is 0 Å².